The third kappa shape index (κ3) is 5.19. The summed E-state index contributed by atoms with van der Waals surface area (Å²) in [4.78, 5) is 15.6. The number of nitrogens with one attached hydrogen (secondary N) is 1. The highest BCUT2D eigenvalue weighted by atomic mass is 32.2. The second-order valence-corrected chi connectivity index (χ2v) is 9.03. The molecular weight excluding hydrogens is 382 g/mol. The van der Waals surface area contributed by atoms with E-state index < -0.39 is 14.9 Å². The number of nitro groups is 1. The maximum Gasteiger partial charge on any atom is 0.293 e. The lowest BCUT2D eigenvalue weighted by Crippen LogP contribution is -2.49. The quantitative estimate of drug-likeness (QED) is 0.486. The van der Waals surface area contributed by atoms with Crippen LogP contribution in [0.25, 0.3) is 0 Å². The fourth-order valence-corrected chi connectivity index (χ4v) is 4.81. The Balaban J connectivity index is 2.16. The van der Waals surface area contributed by atoms with Crippen molar-refractivity contribution in [3.8, 4) is 0 Å². The molecule has 2 rings (SSSR count). The van der Waals surface area contributed by atoms with E-state index in [0.29, 0.717) is 25.3 Å². The monoisotopic (exact) mass is 413 g/mol. The predicted octanol–water partition coefficient (Wildman–Crippen LogP) is 1.67. The summed E-state index contributed by atoms with van der Waals surface area (Å²) in [6.45, 7) is 10.7. The number of hydrogen-bond donors (Lipinski definition) is 1. The lowest BCUT2D eigenvalue weighted by molar-refractivity contribution is -0.384. The van der Waals surface area contributed by atoms with Crippen molar-refractivity contribution in [1.29, 1.82) is 0 Å². The summed E-state index contributed by atoms with van der Waals surface area (Å²) in [5, 5.41) is 14.7. The molecular formula is C18H31N5O4S. The van der Waals surface area contributed by atoms with Gasteiger partial charge in [0.15, 0.2) is 0 Å². The smallest absolute Gasteiger partial charge is 0.293 e. The van der Waals surface area contributed by atoms with E-state index in [4.69, 9.17) is 0 Å². The van der Waals surface area contributed by atoms with Crippen LogP contribution in [0.3, 0.4) is 0 Å². The maximum atomic E-state index is 12.7. The Kier molecular flexibility index (Phi) is 7.76. The molecule has 1 saturated heterocycles. The molecule has 1 aromatic carbocycles. The minimum Gasteiger partial charge on any atom is -0.378 e. The summed E-state index contributed by atoms with van der Waals surface area (Å²) >= 11 is 0. The van der Waals surface area contributed by atoms with Gasteiger partial charge in [-0.1, -0.05) is 13.8 Å². The summed E-state index contributed by atoms with van der Waals surface area (Å²) < 4.78 is 26.6. The van der Waals surface area contributed by atoms with Gasteiger partial charge in [0.05, 0.1) is 9.82 Å². The van der Waals surface area contributed by atoms with E-state index in [1.54, 1.807) is 13.8 Å². The highest BCUT2D eigenvalue weighted by Gasteiger charge is 2.26. The van der Waals surface area contributed by atoms with E-state index in [1.165, 1.54) is 16.4 Å². The summed E-state index contributed by atoms with van der Waals surface area (Å²) in [5.74, 6) is 0. The Bertz CT molecular complexity index is 774. The first-order chi connectivity index (χ1) is 13.2. The number of piperazine rings is 1. The van der Waals surface area contributed by atoms with Gasteiger partial charge in [-0.15, -0.1) is 0 Å². The third-order valence-corrected chi connectivity index (χ3v) is 7.30. The van der Waals surface area contributed by atoms with Crippen molar-refractivity contribution in [3.05, 3.63) is 28.3 Å². The maximum absolute atomic E-state index is 12.7. The fourth-order valence-electron chi connectivity index (χ4n) is 3.33. The molecule has 158 valence electrons. The van der Waals surface area contributed by atoms with Crippen molar-refractivity contribution in [2.24, 2.45) is 0 Å². The molecule has 0 aromatic heterocycles. The van der Waals surface area contributed by atoms with E-state index in [9.17, 15) is 18.5 Å². The van der Waals surface area contributed by atoms with Gasteiger partial charge in [0, 0.05) is 57.9 Å². The summed E-state index contributed by atoms with van der Waals surface area (Å²) in [6, 6.07) is 4.29. The summed E-state index contributed by atoms with van der Waals surface area (Å²) in [7, 11) is -1.64. The van der Waals surface area contributed by atoms with Crippen molar-refractivity contribution < 1.29 is 13.3 Å². The molecule has 1 unspecified atom stereocenters. The molecule has 1 aliphatic rings. The highest BCUT2D eigenvalue weighted by Crippen LogP contribution is 2.29. The van der Waals surface area contributed by atoms with Gasteiger partial charge >= 0.3 is 0 Å². The molecule has 0 radical (unpaired) electrons. The minimum absolute atomic E-state index is 0.0550. The van der Waals surface area contributed by atoms with Crippen LogP contribution < -0.4 is 5.32 Å². The molecule has 1 aromatic rings. The predicted molar refractivity (Wildman–Crippen MR) is 110 cm³/mol. The van der Waals surface area contributed by atoms with Crippen LogP contribution in [0.5, 0.6) is 0 Å². The Morgan fingerprint density at radius 2 is 1.82 bits per heavy atom. The molecule has 1 heterocycles. The zero-order valence-electron chi connectivity index (χ0n) is 17.1. The van der Waals surface area contributed by atoms with Gasteiger partial charge in [-0.3, -0.25) is 15.0 Å². The molecule has 1 fully saturated rings. The average Bonchev–Trinajstić information content (AvgIpc) is 2.67. The van der Waals surface area contributed by atoms with Crippen molar-refractivity contribution in [2.45, 2.75) is 31.7 Å². The lowest BCUT2D eigenvalue weighted by atomic mass is 10.2. The highest BCUT2D eigenvalue weighted by molar-refractivity contribution is 7.89. The molecule has 0 saturated carbocycles. The number of nitro benzene ring substituents is 1. The number of sulfonamides is 1. The van der Waals surface area contributed by atoms with E-state index in [2.05, 4.69) is 29.1 Å². The first-order valence-electron chi connectivity index (χ1n) is 9.65. The average molecular weight is 414 g/mol. The van der Waals surface area contributed by atoms with Crippen LogP contribution in [-0.4, -0.2) is 86.3 Å². The fraction of sp³-hybridized carbons (Fsp3) is 0.667. The van der Waals surface area contributed by atoms with Gasteiger partial charge in [-0.25, -0.2) is 8.42 Å². The number of rotatable bonds is 9. The normalized spacial score (nSPS) is 17.6. The van der Waals surface area contributed by atoms with Crippen molar-refractivity contribution >= 4 is 21.4 Å². The van der Waals surface area contributed by atoms with Gasteiger partial charge in [-0.2, -0.15) is 4.31 Å². The van der Waals surface area contributed by atoms with E-state index in [-0.39, 0.29) is 16.6 Å². The first kappa shape index (κ1) is 22.5. The van der Waals surface area contributed by atoms with Gasteiger partial charge in [-0.05, 0) is 26.1 Å². The van der Waals surface area contributed by atoms with Crippen LogP contribution in [0.1, 0.15) is 20.8 Å². The van der Waals surface area contributed by atoms with Gasteiger partial charge in [0.25, 0.3) is 5.69 Å². The Hall–Kier alpha value is -1.75. The zero-order valence-corrected chi connectivity index (χ0v) is 17.9. The van der Waals surface area contributed by atoms with E-state index >= 15 is 0 Å². The van der Waals surface area contributed by atoms with Crippen molar-refractivity contribution in [1.82, 2.24) is 14.1 Å². The first-order valence-corrected chi connectivity index (χ1v) is 11.1. The van der Waals surface area contributed by atoms with Crippen LogP contribution in [0.4, 0.5) is 11.4 Å². The van der Waals surface area contributed by atoms with E-state index in [0.717, 1.165) is 32.2 Å². The van der Waals surface area contributed by atoms with Crippen LogP contribution in [-0.2, 0) is 10.0 Å². The third-order valence-electron chi connectivity index (χ3n) is 5.26. The molecule has 9 nitrogen and oxygen atoms in total. The molecule has 1 aliphatic heterocycles. The summed E-state index contributed by atoms with van der Waals surface area (Å²) in [6.07, 6.45) is 0. The number of likely N-dealkylation sites (N-methyl/N-ethyl adjacent to an activating group) is 1. The zero-order chi connectivity index (χ0) is 20.9. The standard InChI is InChI=1S/C18H31N5O4S/c1-5-22(6-2)28(26,27)16-7-8-17(18(13-16)23(24)25)19-14-15(3)21-11-9-20(4)10-12-21/h7-8,13,15,19H,5-6,9-12,14H2,1-4H3. The van der Waals surface area contributed by atoms with Gasteiger partial charge in [0.2, 0.25) is 10.0 Å². The molecule has 1 N–H and O–H groups in total. The van der Waals surface area contributed by atoms with E-state index in [1.807, 2.05) is 0 Å². The van der Waals surface area contributed by atoms with Gasteiger partial charge in [0.1, 0.15) is 5.69 Å². The number of anilines is 1. The summed E-state index contributed by atoms with van der Waals surface area (Å²) in [5.41, 5.74) is 0.114. The number of nitrogens with zero attached hydrogens (tertiary/aromatic N) is 4. The Labute approximate surface area is 167 Å². The Morgan fingerprint density at radius 1 is 1.21 bits per heavy atom. The number of benzene rings is 1. The molecule has 0 amide bonds. The molecule has 0 bridgehead atoms. The SMILES string of the molecule is CCN(CC)S(=O)(=O)c1ccc(NCC(C)N2CCN(C)CC2)c([N+](=O)[O-])c1. The second kappa shape index (κ2) is 9.64. The second-order valence-electron chi connectivity index (χ2n) is 7.09. The molecule has 10 heteroatoms. The lowest BCUT2D eigenvalue weighted by Gasteiger charge is -2.36. The van der Waals surface area contributed by atoms with Crippen LogP contribution in [0.2, 0.25) is 0 Å². The van der Waals surface area contributed by atoms with Crippen LogP contribution in [0.15, 0.2) is 23.1 Å². The van der Waals surface area contributed by atoms with Crippen LogP contribution in [0, 0.1) is 10.1 Å². The van der Waals surface area contributed by atoms with Crippen molar-refractivity contribution in [3.63, 3.8) is 0 Å². The van der Waals surface area contributed by atoms with Crippen molar-refractivity contribution in [2.75, 3.05) is 58.2 Å². The largest absolute Gasteiger partial charge is 0.378 e. The molecule has 0 spiro atoms. The topological polar surface area (TPSA) is 99.0 Å². The molecule has 28 heavy (non-hydrogen) atoms. The number of hydrogen-bond acceptors (Lipinski definition) is 7. The molecule has 0 aliphatic carbocycles. The Morgan fingerprint density at radius 3 is 2.36 bits per heavy atom. The van der Waals surface area contributed by atoms with Gasteiger partial charge < -0.3 is 10.2 Å². The minimum atomic E-state index is -3.74. The van der Waals surface area contributed by atoms with Crippen LogP contribution >= 0.6 is 0 Å². The molecule has 1 atom stereocenters.